The van der Waals surface area contributed by atoms with Gasteiger partial charge in [-0.3, -0.25) is 4.90 Å². The van der Waals surface area contributed by atoms with Gasteiger partial charge in [0.05, 0.1) is 12.7 Å². The molecule has 1 aromatic rings. The first kappa shape index (κ1) is 17.8. The Morgan fingerprint density at radius 1 is 1.17 bits per heavy atom. The Bertz CT molecular complexity index is 478. The number of nitrogens with zero attached hydrogens (tertiary/aromatic N) is 2. The van der Waals surface area contributed by atoms with Crippen LogP contribution in [-0.2, 0) is 4.74 Å². The molecule has 1 heterocycles. The lowest BCUT2D eigenvalue weighted by Gasteiger charge is -2.24. The molecule has 1 unspecified atom stereocenters. The van der Waals surface area contributed by atoms with Crippen LogP contribution in [0.1, 0.15) is 31.9 Å². The molecule has 0 saturated carbocycles. The molecule has 1 amide bonds. The number of carbonyl (C=O) groups excluding carboxylic acids is 1. The van der Waals surface area contributed by atoms with Crippen molar-refractivity contribution in [1.82, 2.24) is 9.80 Å². The van der Waals surface area contributed by atoms with Crippen LogP contribution in [0.3, 0.4) is 0 Å². The van der Waals surface area contributed by atoms with E-state index in [1.807, 2.05) is 44.2 Å². The highest BCUT2D eigenvalue weighted by Crippen LogP contribution is 2.15. The molecular weight excluding hydrogens is 292 g/mol. The minimum absolute atomic E-state index is 0.218. The summed E-state index contributed by atoms with van der Waals surface area (Å²) in [6.45, 7) is 8.14. The fourth-order valence-electron chi connectivity index (χ4n) is 2.69. The quantitative estimate of drug-likeness (QED) is 0.906. The van der Waals surface area contributed by atoms with E-state index in [1.165, 1.54) is 0 Å². The van der Waals surface area contributed by atoms with Crippen LogP contribution in [0.4, 0.5) is 4.79 Å². The van der Waals surface area contributed by atoms with E-state index in [4.69, 9.17) is 4.74 Å². The van der Waals surface area contributed by atoms with Crippen molar-refractivity contribution in [2.24, 2.45) is 5.92 Å². The van der Waals surface area contributed by atoms with E-state index in [-0.39, 0.29) is 6.09 Å². The van der Waals surface area contributed by atoms with E-state index in [2.05, 4.69) is 4.90 Å². The number of carbonyl (C=O) groups is 1. The summed E-state index contributed by atoms with van der Waals surface area (Å²) in [5.74, 6) is 0.350. The number of β-amino-alcohol motifs (C(OH)–C–C–N with tert-alkyl or cyclic N) is 1. The summed E-state index contributed by atoms with van der Waals surface area (Å²) >= 11 is 0. The number of aliphatic hydroxyl groups is 1. The predicted octanol–water partition coefficient (Wildman–Crippen LogP) is 2.52. The Kier molecular flexibility index (Phi) is 6.86. The molecule has 0 aliphatic carbocycles. The summed E-state index contributed by atoms with van der Waals surface area (Å²) in [7, 11) is 0. The normalized spacial score (nSPS) is 17.8. The average Bonchev–Trinajstić information content (AvgIpc) is 2.79. The van der Waals surface area contributed by atoms with Gasteiger partial charge in [0.25, 0.3) is 0 Å². The second-order valence-corrected chi connectivity index (χ2v) is 6.54. The molecule has 1 N–H and O–H groups in total. The number of aliphatic hydroxyl groups excluding tert-OH is 1. The number of amides is 1. The first-order chi connectivity index (χ1) is 11.1. The maximum atomic E-state index is 12.0. The largest absolute Gasteiger partial charge is 0.449 e. The van der Waals surface area contributed by atoms with E-state index < -0.39 is 6.10 Å². The fraction of sp³-hybridized carbons (Fsp3) is 0.611. The lowest BCUT2D eigenvalue weighted by Crippen LogP contribution is -2.37. The molecule has 0 bridgehead atoms. The van der Waals surface area contributed by atoms with E-state index >= 15 is 0 Å². The van der Waals surface area contributed by atoms with Crippen molar-refractivity contribution in [2.75, 3.05) is 39.3 Å². The molecule has 1 aromatic carbocycles. The third-order valence-electron chi connectivity index (χ3n) is 4.00. The van der Waals surface area contributed by atoms with E-state index in [0.29, 0.717) is 25.6 Å². The van der Waals surface area contributed by atoms with Crippen LogP contribution in [0.2, 0.25) is 0 Å². The van der Waals surface area contributed by atoms with Gasteiger partial charge in [-0.05, 0) is 17.9 Å². The standard InChI is InChI=1S/C18H28N2O3/c1-15(2)14-23-18(22)20-10-6-9-19(11-12-20)13-17(21)16-7-4-3-5-8-16/h3-5,7-8,15,17,21H,6,9-14H2,1-2H3. The summed E-state index contributed by atoms with van der Waals surface area (Å²) in [4.78, 5) is 16.0. The number of hydrogen-bond donors (Lipinski definition) is 1. The maximum Gasteiger partial charge on any atom is 0.409 e. The van der Waals surface area contributed by atoms with Crippen LogP contribution in [0, 0.1) is 5.92 Å². The summed E-state index contributed by atoms with van der Waals surface area (Å²) in [6, 6.07) is 9.71. The van der Waals surface area contributed by atoms with E-state index in [9.17, 15) is 9.90 Å². The van der Waals surface area contributed by atoms with Crippen molar-refractivity contribution in [1.29, 1.82) is 0 Å². The average molecular weight is 320 g/mol. The number of ether oxygens (including phenoxy) is 1. The van der Waals surface area contributed by atoms with Gasteiger partial charge in [0.2, 0.25) is 0 Å². The monoisotopic (exact) mass is 320 g/mol. The molecule has 1 atom stereocenters. The summed E-state index contributed by atoms with van der Waals surface area (Å²) in [6.07, 6.45) is 0.193. The molecular formula is C18H28N2O3. The number of rotatable bonds is 5. The van der Waals surface area contributed by atoms with Gasteiger partial charge < -0.3 is 14.7 Å². The molecule has 1 saturated heterocycles. The lowest BCUT2D eigenvalue weighted by molar-refractivity contribution is 0.0904. The zero-order valence-electron chi connectivity index (χ0n) is 14.1. The van der Waals surface area contributed by atoms with Crippen LogP contribution < -0.4 is 0 Å². The van der Waals surface area contributed by atoms with E-state index in [1.54, 1.807) is 4.90 Å². The molecule has 1 fully saturated rings. The minimum atomic E-state index is -0.490. The molecule has 0 radical (unpaired) electrons. The Balaban J connectivity index is 1.80. The molecule has 5 nitrogen and oxygen atoms in total. The van der Waals surface area contributed by atoms with Crippen molar-refractivity contribution in [3.8, 4) is 0 Å². The highest BCUT2D eigenvalue weighted by atomic mass is 16.6. The molecule has 0 aromatic heterocycles. The first-order valence-electron chi connectivity index (χ1n) is 8.43. The highest BCUT2D eigenvalue weighted by Gasteiger charge is 2.22. The second kappa shape index (κ2) is 8.89. The predicted molar refractivity (Wildman–Crippen MR) is 90.2 cm³/mol. The van der Waals surface area contributed by atoms with Gasteiger partial charge >= 0.3 is 6.09 Å². The second-order valence-electron chi connectivity index (χ2n) is 6.54. The van der Waals surface area contributed by atoms with Crippen molar-refractivity contribution in [2.45, 2.75) is 26.4 Å². The van der Waals surface area contributed by atoms with Crippen LogP contribution in [0.25, 0.3) is 0 Å². The Morgan fingerprint density at radius 2 is 1.91 bits per heavy atom. The molecule has 2 rings (SSSR count). The van der Waals surface area contributed by atoms with Crippen molar-refractivity contribution < 1.29 is 14.6 Å². The van der Waals surface area contributed by atoms with Gasteiger partial charge in [-0.25, -0.2) is 4.79 Å². The molecule has 5 heteroatoms. The molecule has 0 spiro atoms. The Hall–Kier alpha value is -1.59. The third kappa shape index (κ3) is 5.84. The third-order valence-corrected chi connectivity index (χ3v) is 4.00. The van der Waals surface area contributed by atoms with Crippen LogP contribution in [0.5, 0.6) is 0 Å². The number of benzene rings is 1. The molecule has 1 aliphatic heterocycles. The van der Waals surface area contributed by atoms with E-state index in [0.717, 1.165) is 31.6 Å². The van der Waals surface area contributed by atoms with Gasteiger partial charge in [-0.15, -0.1) is 0 Å². The van der Waals surface area contributed by atoms with Crippen LogP contribution >= 0.6 is 0 Å². The minimum Gasteiger partial charge on any atom is -0.449 e. The summed E-state index contributed by atoms with van der Waals surface area (Å²) in [5, 5.41) is 10.3. The topological polar surface area (TPSA) is 53.0 Å². The van der Waals surface area contributed by atoms with Gasteiger partial charge in [0.1, 0.15) is 0 Å². The molecule has 23 heavy (non-hydrogen) atoms. The van der Waals surface area contributed by atoms with Crippen LogP contribution in [-0.4, -0.2) is 60.3 Å². The summed E-state index contributed by atoms with van der Waals surface area (Å²) in [5.41, 5.74) is 0.935. The van der Waals surface area contributed by atoms with Crippen molar-refractivity contribution in [3.05, 3.63) is 35.9 Å². The number of hydrogen-bond acceptors (Lipinski definition) is 4. The summed E-state index contributed by atoms with van der Waals surface area (Å²) < 4.78 is 5.30. The van der Waals surface area contributed by atoms with Gasteiger partial charge in [-0.1, -0.05) is 44.2 Å². The fourth-order valence-corrected chi connectivity index (χ4v) is 2.69. The smallest absolute Gasteiger partial charge is 0.409 e. The van der Waals surface area contributed by atoms with Gasteiger partial charge in [0.15, 0.2) is 0 Å². The Morgan fingerprint density at radius 3 is 2.61 bits per heavy atom. The zero-order chi connectivity index (χ0) is 16.7. The SMILES string of the molecule is CC(C)COC(=O)N1CCCN(CC(O)c2ccccc2)CC1. The van der Waals surface area contributed by atoms with Crippen LogP contribution in [0.15, 0.2) is 30.3 Å². The maximum absolute atomic E-state index is 12.0. The highest BCUT2D eigenvalue weighted by molar-refractivity contribution is 5.67. The van der Waals surface area contributed by atoms with Gasteiger partial charge in [0, 0.05) is 32.7 Å². The molecule has 128 valence electrons. The Labute approximate surface area is 138 Å². The zero-order valence-corrected chi connectivity index (χ0v) is 14.1. The first-order valence-corrected chi connectivity index (χ1v) is 8.43. The van der Waals surface area contributed by atoms with Crippen molar-refractivity contribution >= 4 is 6.09 Å². The molecule has 1 aliphatic rings. The van der Waals surface area contributed by atoms with Crippen molar-refractivity contribution in [3.63, 3.8) is 0 Å². The van der Waals surface area contributed by atoms with Gasteiger partial charge in [-0.2, -0.15) is 0 Å². The lowest BCUT2D eigenvalue weighted by atomic mass is 10.1.